The van der Waals surface area contributed by atoms with Gasteiger partial charge in [0.05, 0.1) is 0 Å². The molecule has 6 heteroatoms. The molecule has 0 spiro atoms. The van der Waals surface area contributed by atoms with Crippen molar-refractivity contribution in [1.82, 2.24) is 0 Å². The lowest BCUT2D eigenvalue weighted by molar-refractivity contribution is -0.196. The van der Waals surface area contributed by atoms with Crippen LogP contribution in [0.4, 0.5) is 0 Å². The molecule has 0 aliphatic carbocycles. The van der Waals surface area contributed by atoms with Crippen LogP contribution in [-0.4, -0.2) is 43.7 Å². The maximum Gasteiger partial charge on any atom is 0.303 e. The smallest absolute Gasteiger partial charge is 0.303 e. The number of hydrogen-bond donors (Lipinski definition) is 0. The Morgan fingerprint density at radius 2 is 1.95 bits per heavy atom. The summed E-state index contributed by atoms with van der Waals surface area (Å²) in [5.41, 5.74) is 0. The second-order valence-corrected chi connectivity index (χ2v) is 4.18. The van der Waals surface area contributed by atoms with Crippen molar-refractivity contribution in [3.8, 4) is 0 Å². The van der Waals surface area contributed by atoms with Gasteiger partial charge in [0, 0.05) is 20.5 Å². The summed E-state index contributed by atoms with van der Waals surface area (Å²) >= 11 is 0. The molecule has 0 saturated carbocycles. The zero-order chi connectivity index (χ0) is 14.3. The Bertz CT molecular complexity index is 338. The highest BCUT2D eigenvalue weighted by molar-refractivity contribution is 5.66. The van der Waals surface area contributed by atoms with Crippen LogP contribution in [0.2, 0.25) is 0 Å². The summed E-state index contributed by atoms with van der Waals surface area (Å²) in [4.78, 5) is 21.8. The van der Waals surface area contributed by atoms with Crippen LogP contribution in [0.3, 0.4) is 0 Å². The highest BCUT2D eigenvalue weighted by Gasteiger charge is 2.30. The van der Waals surface area contributed by atoms with Gasteiger partial charge in [0.1, 0.15) is 18.8 Å². The van der Waals surface area contributed by atoms with Crippen LogP contribution >= 0.6 is 0 Å². The van der Waals surface area contributed by atoms with E-state index in [0.29, 0.717) is 6.61 Å². The van der Waals surface area contributed by atoms with Crippen molar-refractivity contribution in [2.24, 2.45) is 0 Å². The molecule has 1 unspecified atom stereocenters. The van der Waals surface area contributed by atoms with Crippen LogP contribution < -0.4 is 0 Å². The van der Waals surface area contributed by atoms with E-state index in [4.69, 9.17) is 18.9 Å². The highest BCUT2D eigenvalue weighted by Crippen LogP contribution is 2.18. The predicted octanol–water partition coefficient (Wildman–Crippen LogP) is 1.19. The Hall–Kier alpha value is -1.40. The third-order valence-electron chi connectivity index (χ3n) is 2.37. The maximum absolute atomic E-state index is 11.0. The van der Waals surface area contributed by atoms with Gasteiger partial charge in [-0.3, -0.25) is 9.59 Å². The summed E-state index contributed by atoms with van der Waals surface area (Å²) in [5.74, 6) is -0.829. The molecule has 0 aromatic carbocycles. The van der Waals surface area contributed by atoms with E-state index in [1.54, 1.807) is 12.2 Å². The molecule has 1 rings (SSSR count). The first kappa shape index (κ1) is 15.7. The third-order valence-corrected chi connectivity index (χ3v) is 2.37. The lowest BCUT2D eigenvalue weighted by Gasteiger charge is -2.31. The van der Waals surface area contributed by atoms with Crippen molar-refractivity contribution in [3.63, 3.8) is 0 Å². The second-order valence-electron chi connectivity index (χ2n) is 4.18. The molecule has 0 bridgehead atoms. The first-order valence-corrected chi connectivity index (χ1v) is 6.29. The molecule has 0 aromatic rings. The van der Waals surface area contributed by atoms with E-state index in [9.17, 15) is 9.59 Å². The van der Waals surface area contributed by atoms with Crippen molar-refractivity contribution in [2.75, 3.05) is 13.2 Å². The molecular weight excluding hydrogens is 252 g/mol. The topological polar surface area (TPSA) is 71.1 Å². The SMILES string of the molecule is CCCOC1C=C[C@H](OC(C)=O)[C@@H](COC(C)=O)O1. The van der Waals surface area contributed by atoms with Gasteiger partial charge < -0.3 is 18.9 Å². The molecule has 3 atom stereocenters. The first-order chi connectivity index (χ1) is 9.02. The molecule has 0 fully saturated rings. The molecule has 19 heavy (non-hydrogen) atoms. The van der Waals surface area contributed by atoms with E-state index in [0.717, 1.165) is 6.42 Å². The van der Waals surface area contributed by atoms with Crippen molar-refractivity contribution >= 4 is 11.9 Å². The summed E-state index contributed by atoms with van der Waals surface area (Å²) in [7, 11) is 0. The molecular formula is C13H20O6. The Balaban J connectivity index is 2.60. The van der Waals surface area contributed by atoms with E-state index in [1.165, 1.54) is 13.8 Å². The maximum atomic E-state index is 11.0. The van der Waals surface area contributed by atoms with E-state index >= 15 is 0 Å². The fourth-order valence-electron chi connectivity index (χ4n) is 1.59. The summed E-state index contributed by atoms with van der Waals surface area (Å²) in [5, 5.41) is 0. The number of carbonyl (C=O) groups excluding carboxylic acids is 2. The van der Waals surface area contributed by atoms with Crippen LogP contribution in [0.15, 0.2) is 12.2 Å². The summed E-state index contributed by atoms with van der Waals surface area (Å²) < 4.78 is 21.0. The van der Waals surface area contributed by atoms with Crippen LogP contribution in [0.1, 0.15) is 27.2 Å². The molecule has 108 valence electrons. The predicted molar refractivity (Wildman–Crippen MR) is 66.2 cm³/mol. The molecule has 0 amide bonds. The van der Waals surface area contributed by atoms with Gasteiger partial charge in [-0.25, -0.2) is 0 Å². The molecule has 1 aliphatic rings. The van der Waals surface area contributed by atoms with E-state index in [2.05, 4.69) is 0 Å². The average molecular weight is 272 g/mol. The second kappa shape index (κ2) is 7.91. The Kier molecular flexibility index (Phi) is 6.52. The normalized spacial score (nSPS) is 25.9. The molecule has 0 radical (unpaired) electrons. The Morgan fingerprint density at radius 3 is 2.53 bits per heavy atom. The van der Waals surface area contributed by atoms with Gasteiger partial charge in [0.25, 0.3) is 0 Å². The van der Waals surface area contributed by atoms with Gasteiger partial charge >= 0.3 is 11.9 Å². The zero-order valence-electron chi connectivity index (χ0n) is 11.5. The van der Waals surface area contributed by atoms with Crippen molar-refractivity contribution in [2.45, 2.75) is 45.7 Å². The fraction of sp³-hybridized carbons (Fsp3) is 0.692. The Morgan fingerprint density at radius 1 is 1.21 bits per heavy atom. The summed E-state index contributed by atoms with van der Waals surface area (Å²) in [6.45, 7) is 5.20. The molecule has 0 saturated heterocycles. The van der Waals surface area contributed by atoms with Crippen LogP contribution in [0.25, 0.3) is 0 Å². The number of hydrogen-bond acceptors (Lipinski definition) is 6. The molecule has 1 aliphatic heterocycles. The number of ether oxygens (including phenoxy) is 4. The third kappa shape index (κ3) is 5.85. The van der Waals surface area contributed by atoms with Crippen LogP contribution in [-0.2, 0) is 28.5 Å². The van der Waals surface area contributed by atoms with E-state index in [-0.39, 0.29) is 6.61 Å². The minimum absolute atomic E-state index is 0.0175. The highest BCUT2D eigenvalue weighted by atomic mass is 16.7. The monoisotopic (exact) mass is 272 g/mol. The van der Waals surface area contributed by atoms with Crippen LogP contribution in [0, 0.1) is 0 Å². The fourth-order valence-corrected chi connectivity index (χ4v) is 1.59. The minimum Gasteiger partial charge on any atom is -0.463 e. The number of esters is 2. The first-order valence-electron chi connectivity index (χ1n) is 6.29. The quantitative estimate of drug-likeness (QED) is 0.534. The summed E-state index contributed by atoms with van der Waals surface area (Å²) in [6, 6.07) is 0. The average Bonchev–Trinajstić information content (AvgIpc) is 2.35. The largest absolute Gasteiger partial charge is 0.463 e. The lowest BCUT2D eigenvalue weighted by atomic mass is 10.1. The van der Waals surface area contributed by atoms with Gasteiger partial charge in [-0.1, -0.05) is 6.92 Å². The van der Waals surface area contributed by atoms with Crippen molar-refractivity contribution in [3.05, 3.63) is 12.2 Å². The van der Waals surface area contributed by atoms with Gasteiger partial charge in [0.15, 0.2) is 6.29 Å². The van der Waals surface area contributed by atoms with Gasteiger partial charge in [-0.05, 0) is 18.6 Å². The van der Waals surface area contributed by atoms with Gasteiger partial charge in [-0.15, -0.1) is 0 Å². The summed E-state index contributed by atoms with van der Waals surface area (Å²) in [6.07, 6.45) is 2.62. The van der Waals surface area contributed by atoms with Gasteiger partial charge in [-0.2, -0.15) is 0 Å². The molecule has 0 N–H and O–H groups in total. The van der Waals surface area contributed by atoms with Gasteiger partial charge in [0.2, 0.25) is 0 Å². The zero-order valence-corrected chi connectivity index (χ0v) is 11.5. The Labute approximate surface area is 112 Å². The standard InChI is InChI=1S/C13H20O6/c1-4-7-16-13-6-5-11(18-10(3)15)12(19-13)8-17-9(2)14/h5-6,11-13H,4,7-8H2,1-3H3/t11-,12+,13?/m0/s1. The number of carbonyl (C=O) groups is 2. The van der Waals surface area contributed by atoms with Crippen LogP contribution in [0.5, 0.6) is 0 Å². The van der Waals surface area contributed by atoms with Crippen molar-refractivity contribution in [1.29, 1.82) is 0 Å². The minimum atomic E-state index is -0.571. The number of rotatable bonds is 6. The van der Waals surface area contributed by atoms with Crippen molar-refractivity contribution < 1.29 is 28.5 Å². The van der Waals surface area contributed by atoms with E-state index in [1.807, 2.05) is 6.92 Å². The van der Waals surface area contributed by atoms with E-state index < -0.39 is 30.4 Å². The molecule has 0 aromatic heterocycles. The molecule has 1 heterocycles. The lowest BCUT2D eigenvalue weighted by Crippen LogP contribution is -2.42. The molecule has 6 nitrogen and oxygen atoms in total.